The van der Waals surface area contributed by atoms with Crippen LogP contribution in [0.2, 0.25) is 0 Å². The van der Waals surface area contributed by atoms with E-state index in [9.17, 15) is 18.3 Å². The molecule has 0 radical (unpaired) electrons. The summed E-state index contributed by atoms with van der Waals surface area (Å²) in [5.41, 5.74) is 0.0803. The summed E-state index contributed by atoms with van der Waals surface area (Å²) in [4.78, 5) is 21.3. The van der Waals surface area contributed by atoms with Gasteiger partial charge in [-0.2, -0.15) is 0 Å². The van der Waals surface area contributed by atoms with E-state index in [1.807, 2.05) is 0 Å². The highest BCUT2D eigenvalue weighted by atomic mass is 32.2. The summed E-state index contributed by atoms with van der Waals surface area (Å²) in [5, 5.41) is 14.1. The number of fused-ring (bicyclic) bond motifs is 1. The monoisotopic (exact) mass is 421 g/mol. The SMILES string of the molecule is C[C@@]1(O)CCC[C@H]1n1c(=O)cnc2cnc(NC3CCN(S(C)(=O)=O)CC3)cc21. The topological polar surface area (TPSA) is 117 Å². The fraction of sp³-hybridized carbons (Fsp3) is 0.632. The molecule has 0 amide bonds. The minimum atomic E-state index is -3.16. The normalized spacial score (nSPS) is 26.8. The first-order valence-electron chi connectivity index (χ1n) is 9.96. The van der Waals surface area contributed by atoms with E-state index in [0.29, 0.717) is 49.2 Å². The molecule has 0 spiro atoms. The summed E-state index contributed by atoms with van der Waals surface area (Å²) in [6.07, 6.45) is 7.77. The van der Waals surface area contributed by atoms with Gasteiger partial charge in [0.15, 0.2) is 0 Å². The van der Waals surface area contributed by atoms with Crippen LogP contribution in [0.1, 0.15) is 45.1 Å². The maximum atomic E-state index is 12.6. The Bertz CT molecular complexity index is 1070. The number of piperidine rings is 1. The van der Waals surface area contributed by atoms with Crippen molar-refractivity contribution in [1.29, 1.82) is 0 Å². The summed E-state index contributed by atoms with van der Waals surface area (Å²) in [6, 6.07) is 1.61. The van der Waals surface area contributed by atoms with Crippen molar-refractivity contribution in [2.45, 2.75) is 56.7 Å². The number of hydrogen-bond acceptors (Lipinski definition) is 7. The maximum Gasteiger partial charge on any atom is 0.269 e. The molecule has 2 atom stereocenters. The Morgan fingerprint density at radius 3 is 2.55 bits per heavy atom. The number of aliphatic hydroxyl groups is 1. The van der Waals surface area contributed by atoms with Gasteiger partial charge in [-0.25, -0.2) is 22.7 Å². The van der Waals surface area contributed by atoms with E-state index in [-0.39, 0.29) is 17.6 Å². The van der Waals surface area contributed by atoms with Crippen molar-refractivity contribution in [3.63, 3.8) is 0 Å². The summed E-state index contributed by atoms with van der Waals surface area (Å²) >= 11 is 0. The lowest BCUT2D eigenvalue weighted by molar-refractivity contribution is 0.0268. The number of rotatable bonds is 4. The summed E-state index contributed by atoms with van der Waals surface area (Å²) in [7, 11) is -3.16. The van der Waals surface area contributed by atoms with E-state index in [0.717, 1.165) is 12.8 Å². The molecule has 2 fully saturated rings. The second-order valence-electron chi connectivity index (χ2n) is 8.37. The van der Waals surface area contributed by atoms with Crippen LogP contribution in [0.3, 0.4) is 0 Å². The summed E-state index contributed by atoms with van der Waals surface area (Å²) < 4.78 is 26.5. The molecule has 9 nitrogen and oxygen atoms in total. The average Bonchev–Trinajstić information content (AvgIpc) is 3.00. The molecule has 2 aromatic heterocycles. The first-order valence-corrected chi connectivity index (χ1v) is 11.8. The molecule has 3 heterocycles. The molecule has 1 aliphatic heterocycles. The zero-order chi connectivity index (χ0) is 20.8. The first kappa shape index (κ1) is 20.2. The molecule has 2 N–H and O–H groups in total. The zero-order valence-electron chi connectivity index (χ0n) is 16.7. The van der Waals surface area contributed by atoms with Crippen LogP contribution in [0.4, 0.5) is 5.82 Å². The van der Waals surface area contributed by atoms with Crippen molar-refractivity contribution in [3.8, 4) is 0 Å². The Morgan fingerprint density at radius 1 is 1.21 bits per heavy atom. The van der Waals surface area contributed by atoms with E-state index < -0.39 is 15.6 Å². The van der Waals surface area contributed by atoms with Crippen molar-refractivity contribution < 1.29 is 13.5 Å². The van der Waals surface area contributed by atoms with Crippen LogP contribution < -0.4 is 10.9 Å². The van der Waals surface area contributed by atoms with E-state index in [1.54, 1.807) is 23.8 Å². The highest BCUT2D eigenvalue weighted by Crippen LogP contribution is 2.39. The Hall–Kier alpha value is -2.04. The number of nitrogens with zero attached hydrogens (tertiary/aromatic N) is 4. The lowest BCUT2D eigenvalue weighted by Gasteiger charge is -2.31. The number of aromatic nitrogens is 3. The number of anilines is 1. The van der Waals surface area contributed by atoms with Gasteiger partial charge in [0.1, 0.15) is 11.3 Å². The number of hydrogen-bond donors (Lipinski definition) is 2. The van der Waals surface area contributed by atoms with E-state index in [4.69, 9.17) is 0 Å². The minimum absolute atomic E-state index is 0.101. The Labute approximate surface area is 169 Å². The van der Waals surface area contributed by atoms with Crippen molar-refractivity contribution in [1.82, 2.24) is 18.8 Å². The molecule has 0 unspecified atom stereocenters. The Morgan fingerprint density at radius 2 is 1.93 bits per heavy atom. The largest absolute Gasteiger partial charge is 0.388 e. The molecule has 10 heteroatoms. The fourth-order valence-corrected chi connectivity index (χ4v) is 5.39. The second kappa shape index (κ2) is 7.33. The zero-order valence-corrected chi connectivity index (χ0v) is 17.5. The van der Waals surface area contributed by atoms with Gasteiger partial charge in [0.2, 0.25) is 10.0 Å². The molecule has 0 bridgehead atoms. The first-order chi connectivity index (χ1) is 13.6. The fourth-order valence-electron chi connectivity index (χ4n) is 4.52. The molecule has 29 heavy (non-hydrogen) atoms. The molecule has 1 saturated heterocycles. The second-order valence-corrected chi connectivity index (χ2v) is 10.4. The predicted molar refractivity (Wildman–Crippen MR) is 110 cm³/mol. The van der Waals surface area contributed by atoms with Crippen molar-refractivity contribution in [2.24, 2.45) is 0 Å². The van der Waals surface area contributed by atoms with Crippen LogP contribution in [0, 0.1) is 0 Å². The highest BCUT2D eigenvalue weighted by molar-refractivity contribution is 7.88. The molecule has 4 rings (SSSR count). The van der Waals surface area contributed by atoms with E-state index in [2.05, 4.69) is 15.3 Å². The van der Waals surface area contributed by atoms with Gasteiger partial charge in [0.25, 0.3) is 5.56 Å². The van der Waals surface area contributed by atoms with Gasteiger partial charge >= 0.3 is 0 Å². The summed E-state index contributed by atoms with van der Waals surface area (Å²) in [6.45, 7) is 2.72. The van der Waals surface area contributed by atoms with Crippen LogP contribution in [-0.4, -0.2) is 63.4 Å². The summed E-state index contributed by atoms with van der Waals surface area (Å²) in [5.74, 6) is 0.620. The van der Waals surface area contributed by atoms with Crippen molar-refractivity contribution in [3.05, 3.63) is 28.8 Å². The van der Waals surface area contributed by atoms with Crippen LogP contribution in [0.25, 0.3) is 11.0 Å². The molecule has 158 valence electrons. The van der Waals surface area contributed by atoms with E-state index in [1.165, 1.54) is 16.8 Å². The third-order valence-corrected chi connectivity index (χ3v) is 7.44. The molecule has 2 aromatic rings. The van der Waals surface area contributed by atoms with Gasteiger partial charge in [-0.3, -0.25) is 9.36 Å². The van der Waals surface area contributed by atoms with Gasteiger partial charge in [0, 0.05) is 25.2 Å². The third kappa shape index (κ3) is 4.01. The van der Waals surface area contributed by atoms with Gasteiger partial charge in [-0.1, -0.05) is 0 Å². The third-order valence-electron chi connectivity index (χ3n) is 6.14. The van der Waals surface area contributed by atoms with Crippen LogP contribution in [0.15, 0.2) is 23.3 Å². The van der Waals surface area contributed by atoms with Crippen molar-refractivity contribution in [2.75, 3.05) is 24.7 Å². The van der Waals surface area contributed by atoms with Gasteiger partial charge in [-0.05, 0) is 39.0 Å². The molecule has 0 aromatic carbocycles. The van der Waals surface area contributed by atoms with Crippen LogP contribution in [-0.2, 0) is 10.0 Å². The molecular weight excluding hydrogens is 394 g/mol. The standard InChI is InChI=1S/C19H27N5O4S/c1-19(26)7-3-4-16(19)24-15-10-17(21-11-14(15)20-12-18(24)25)22-13-5-8-23(9-6-13)29(2,27)28/h10-13,16,26H,3-9H2,1-2H3,(H,21,22)/t16-,19-/m1/s1. The minimum Gasteiger partial charge on any atom is -0.388 e. The van der Waals surface area contributed by atoms with Crippen LogP contribution in [0.5, 0.6) is 0 Å². The lowest BCUT2D eigenvalue weighted by atomic mass is 10.00. The smallest absolute Gasteiger partial charge is 0.269 e. The highest BCUT2D eigenvalue weighted by Gasteiger charge is 2.39. The quantitative estimate of drug-likeness (QED) is 0.759. The van der Waals surface area contributed by atoms with Gasteiger partial charge in [0.05, 0.1) is 35.8 Å². The number of pyridine rings is 1. The average molecular weight is 422 g/mol. The van der Waals surface area contributed by atoms with Gasteiger partial charge < -0.3 is 10.4 Å². The molecule has 1 aliphatic carbocycles. The number of sulfonamides is 1. The van der Waals surface area contributed by atoms with Crippen molar-refractivity contribution >= 4 is 26.9 Å². The lowest BCUT2D eigenvalue weighted by Crippen LogP contribution is -2.42. The van der Waals surface area contributed by atoms with Crippen LogP contribution >= 0.6 is 0 Å². The Kier molecular flexibility index (Phi) is 5.12. The Balaban J connectivity index is 1.61. The molecule has 2 aliphatic rings. The molecule has 1 saturated carbocycles. The molecular formula is C19H27N5O4S. The van der Waals surface area contributed by atoms with Gasteiger partial charge in [-0.15, -0.1) is 0 Å². The maximum absolute atomic E-state index is 12.6. The van der Waals surface area contributed by atoms with E-state index >= 15 is 0 Å². The number of nitrogens with one attached hydrogen (secondary N) is 1. The predicted octanol–water partition coefficient (Wildman–Crippen LogP) is 1.10.